The van der Waals surface area contributed by atoms with E-state index in [2.05, 4.69) is 12.1 Å². The molecule has 0 saturated carbocycles. The fourth-order valence-corrected chi connectivity index (χ4v) is 1.88. The average Bonchev–Trinajstić information content (AvgIpc) is 2.80. The summed E-state index contributed by atoms with van der Waals surface area (Å²) in [5.41, 5.74) is 2.35. The van der Waals surface area contributed by atoms with Gasteiger partial charge in [0.05, 0.1) is 6.26 Å². The summed E-state index contributed by atoms with van der Waals surface area (Å²) in [7, 11) is 0. The normalized spacial score (nSPS) is 10.4. The zero-order chi connectivity index (χ0) is 12.1. The summed E-state index contributed by atoms with van der Waals surface area (Å²) < 4.78 is 5.29. The van der Waals surface area contributed by atoms with Crippen LogP contribution in [0.15, 0.2) is 47.1 Å². The van der Waals surface area contributed by atoms with Crippen molar-refractivity contribution in [1.82, 2.24) is 0 Å². The van der Waals surface area contributed by atoms with Crippen LogP contribution in [0.2, 0.25) is 0 Å². The van der Waals surface area contributed by atoms with Gasteiger partial charge in [0.2, 0.25) is 0 Å². The highest BCUT2D eigenvalue weighted by atomic mass is 35.5. The Labute approximate surface area is 106 Å². The van der Waals surface area contributed by atoms with Crippen LogP contribution in [0, 0.1) is 5.41 Å². The molecule has 0 atom stereocenters. The average molecular weight is 248 g/mol. The number of halogens is 1. The molecule has 0 unspecified atom stereocenters. The maximum absolute atomic E-state index is 7.21. The quantitative estimate of drug-likeness (QED) is 0.802. The van der Waals surface area contributed by atoms with Gasteiger partial charge >= 0.3 is 0 Å². The minimum atomic E-state index is 0.174. The Morgan fingerprint density at radius 3 is 2.35 bits per heavy atom. The molecule has 0 fully saturated rings. The molecule has 2 aromatic rings. The van der Waals surface area contributed by atoms with Crippen molar-refractivity contribution in [1.29, 1.82) is 5.41 Å². The molecule has 0 aliphatic carbocycles. The molecule has 17 heavy (non-hydrogen) atoms. The summed E-state index contributed by atoms with van der Waals surface area (Å²) in [4.78, 5) is 0. The van der Waals surface area contributed by atoms with E-state index < -0.39 is 0 Å². The Kier molecular flexibility index (Phi) is 3.99. The summed E-state index contributed by atoms with van der Waals surface area (Å²) in [6.45, 7) is 0. The van der Waals surface area contributed by atoms with Crippen LogP contribution in [0.25, 0.3) is 0 Å². The predicted octanol–water partition coefficient (Wildman–Crippen LogP) is 3.82. The third-order valence-electron chi connectivity index (χ3n) is 2.62. The summed E-state index contributed by atoms with van der Waals surface area (Å²) in [5, 5.41) is 7.39. The van der Waals surface area contributed by atoms with Gasteiger partial charge in [-0.25, -0.2) is 0 Å². The van der Waals surface area contributed by atoms with Gasteiger partial charge in [0, 0.05) is 12.8 Å². The first-order valence-electron chi connectivity index (χ1n) is 5.57. The molecule has 2 nitrogen and oxygen atoms in total. The highest BCUT2D eigenvalue weighted by Crippen LogP contribution is 2.10. The second kappa shape index (κ2) is 5.69. The van der Waals surface area contributed by atoms with Gasteiger partial charge in [0.25, 0.3) is 0 Å². The molecule has 1 aromatic heterocycles. The van der Waals surface area contributed by atoms with Crippen molar-refractivity contribution in [2.75, 3.05) is 0 Å². The van der Waals surface area contributed by atoms with Crippen LogP contribution in [-0.2, 0) is 19.3 Å². The number of nitrogens with one attached hydrogen (secondary N) is 1. The fourth-order valence-electron chi connectivity index (χ4n) is 1.73. The van der Waals surface area contributed by atoms with E-state index in [1.807, 2.05) is 24.3 Å². The maximum atomic E-state index is 7.21. The third-order valence-corrected chi connectivity index (χ3v) is 2.76. The van der Waals surface area contributed by atoms with Crippen LogP contribution in [0.4, 0.5) is 0 Å². The van der Waals surface area contributed by atoms with Crippen molar-refractivity contribution >= 4 is 16.8 Å². The standard InChI is InChI=1S/C14H14ClNO/c15-14(16)10-12-5-3-11(4-6-12)7-8-13-2-1-9-17-13/h1-6,9,16H,7-8,10H2. The molecule has 1 aromatic carbocycles. The number of hydrogen-bond acceptors (Lipinski definition) is 2. The smallest absolute Gasteiger partial charge is 0.104 e. The van der Waals surface area contributed by atoms with Crippen LogP contribution in [-0.4, -0.2) is 5.17 Å². The van der Waals surface area contributed by atoms with Gasteiger partial charge in [0.15, 0.2) is 0 Å². The van der Waals surface area contributed by atoms with Crippen molar-refractivity contribution in [3.63, 3.8) is 0 Å². The fraction of sp³-hybridized carbons (Fsp3) is 0.214. The number of rotatable bonds is 5. The molecule has 0 amide bonds. The molecule has 0 aliphatic heterocycles. The van der Waals surface area contributed by atoms with Crippen molar-refractivity contribution in [2.45, 2.75) is 19.3 Å². The van der Waals surface area contributed by atoms with Gasteiger partial charge in [-0.1, -0.05) is 35.9 Å². The number of hydrogen-bond donors (Lipinski definition) is 1. The van der Waals surface area contributed by atoms with Gasteiger partial charge in [-0.2, -0.15) is 0 Å². The van der Waals surface area contributed by atoms with Gasteiger partial charge < -0.3 is 4.42 Å². The molecule has 0 radical (unpaired) electrons. The van der Waals surface area contributed by atoms with Gasteiger partial charge in [-0.15, -0.1) is 0 Å². The lowest BCUT2D eigenvalue weighted by molar-refractivity contribution is 0.508. The van der Waals surface area contributed by atoms with Crippen molar-refractivity contribution in [2.24, 2.45) is 0 Å². The molecule has 88 valence electrons. The van der Waals surface area contributed by atoms with Gasteiger partial charge in [-0.05, 0) is 29.7 Å². The Morgan fingerprint density at radius 1 is 1.06 bits per heavy atom. The summed E-state index contributed by atoms with van der Waals surface area (Å²) >= 11 is 5.55. The predicted molar refractivity (Wildman–Crippen MR) is 69.8 cm³/mol. The highest BCUT2D eigenvalue weighted by Gasteiger charge is 1.99. The van der Waals surface area contributed by atoms with Crippen molar-refractivity contribution in [3.8, 4) is 0 Å². The molecular formula is C14H14ClNO. The zero-order valence-electron chi connectivity index (χ0n) is 9.45. The van der Waals surface area contributed by atoms with E-state index in [1.165, 1.54) is 5.56 Å². The molecule has 0 bridgehead atoms. The van der Waals surface area contributed by atoms with E-state index in [4.69, 9.17) is 21.4 Å². The highest BCUT2D eigenvalue weighted by molar-refractivity contribution is 6.64. The molecule has 0 spiro atoms. The Balaban J connectivity index is 1.91. The van der Waals surface area contributed by atoms with Crippen LogP contribution >= 0.6 is 11.6 Å². The molecule has 3 heteroatoms. The van der Waals surface area contributed by atoms with E-state index in [9.17, 15) is 0 Å². The largest absolute Gasteiger partial charge is 0.469 e. The first kappa shape index (κ1) is 11.9. The molecular weight excluding hydrogens is 234 g/mol. The van der Waals surface area contributed by atoms with Gasteiger partial charge in [0.1, 0.15) is 10.9 Å². The van der Waals surface area contributed by atoms with E-state index in [0.29, 0.717) is 6.42 Å². The molecule has 2 rings (SSSR count). The summed E-state index contributed by atoms with van der Waals surface area (Å²) in [5.74, 6) is 1.01. The second-order valence-corrected chi connectivity index (χ2v) is 4.43. The molecule has 1 heterocycles. The number of aryl methyl sites for hydroxylation is 2. The first-order chi connectivity index (χ1) is 8.24. The Bertz CT molecular complexity index is 473. The Morgan fingerprint density at radius 2 is 1.76 bits per heavy atom. The third kappa shape index (κ3) is 3.75. The molecule has 0 aliphatic rings. The first-order valence-corrected chi connectivity index (χ1v) is 5.95. The van der Waals surface area contributed by atoms with Gasteiger partial charge in [-0.3, -0.25) is 5.41 Å². The van der Waals surface area contributed by atoms with E-state index in [1.54, 1.807) is 6.26 Å². The monoisotopic (exact) mass is 247 g/mol. The summed E-state index contributed by atoms with van der Waals surface area (Å²) in [6, 6.07) is 12.1. The van der Waals surface area contributed by atoms with E-state index >= 15 is 0 Å². The zero-order valence-corrected chi connectivity index (χ0v) is 10.2. The molecule has 0 saturated heterocycles. The van der Waals surface area contributed by atoms with Crippen LogP contribution in [0.3, 0.4) is 0 Å². The lowest BCUT2D eigenvalue weighted by Gasteiger charge is -2.02. The second-order valence-electron chi connectivity index (χ2n) is 3.98. The Hall–Kier alpha value is -1.54. The van der Waals surface area contributed by atoms with Crippen molar-refractivity contribution < 1.29 is 4.42 Å². The maximum Gasteiger partial charge on any atom is 0.104 e. The number of furan rings is 1. The van der Waals surface area contributed by atoms with Crippen LogP contribution in [0.1, 0.15) is 16.9 Å². The van der Waals surface area contributed by atoms with Crippen LogP contribution in [0.5, 0.6) is 0 Å². The van der Waals surface area contributed by atoms with Crippen LogP contribution < -0.4 is 0 Å². The minimum absolute atomic E-state index is 0.174. The van der Waals surface area contributed by atoms with Crippen molar-refractivity contribution in [3.05, 3.63) is 59.5 Å². The van der Waals surface area contributed by atoms with E-state index in [-0.39, 0.29) is 5.17 Å². The lowest BCUT2D eigenvalue weighted by atomic mass is 10.1. The SMILES string of the molecule is N=C(Cl)Cc1ccc(CCc2ccco2)cc1. The number of benzene rings is 1. The lowest BCUT2D eigenvalue weighted by Crippen LogP contribution is -1.94. The topological polar surface area (TPSA) is 37.0 Å². The molecule has 1 N–H and O–H groups in total. The summed E-state index contributed by atoms with van der Waals surface area (Å²) in [6.07, 6.45) is 4.09. The minimum Gasteiger partial charge on any atom is -0.469 e. The van der Waals surface area contributed by atoms with E-state index in [0.717, 1.165) is 24.2 Å².